The van der Waals surface area contributed by atoms with Gasteiger partial charge in [-0.1, -0.05) is 18.2 Å². The average Bonchev–Trinajstić information content (AvgIpc) is 2.25. The summed E-state index contributed by atoms with van der Waals surface area (Å²) in [5.41, 5.74) is 0.275. The van der Waals surface area contributed by atoms with Gasteiger partial charge in [-0.05, 0) is 25.5 Å². The number of rotatable bonds is 0. The lowest BCUT2D eigenvalue weighted by molar-refractivity contribution is -0.515. The SMILES string of the molecule is C[N+]1=C(C(F)(F)F)c2ccccc2C(C)(C)C1.FB(F)F.[F-]. The van der Waals surface area contributed by atoms with Gasteiger partial charge in [0.15, 0.2) is 6.54 Å². The normalized spacial score (nSPS) is 16.0. The Bertz CT molecular complexity index is 535. The van der Waals surface area contributed by atoms with Gasteiger partial charge >= 0.3 is 13.7 Å². The van der Waals surface area contributed by atoms with Crippen molar-refractivity contribution < 1.29 is 35.4 Å². The molecule has 1 aromatic carbocycles. The third kappa shape index (κ3) is 4.74. The van der Waals surface area contributed by atoms with Gasteiger partial charge < -0.3 is 4.70 Å². The standard InChI is InChI=1S/C13H15F3N.BF3.FH/c1-12(2)8-17(3)11(13(14,15)16)9-6-4-5-7-10(9)12;2-1(3)4;/h4-7H,8H2,1-3H3;;1H/q+1;;/p-1. The largest absolute Gasteiger partial charge is 1.00 e. The molecule has 0 amide bonds. The summed E-state index contributed by atoms with van der Waals surface area (Å²) in [5, 5.41) is 0. The first kappa shape index (κ1) is 20.5. The van der Waals surface area contributed by atoms with Crippen molar-refractivity contribution in [3.8, 4) is 0 Å². The molecule has 0 aromatic heterocycles. The van der Waals surface area contributed by atoms with E-state index in [0.717, 1.165) is 5.56 Å². The van der Waals surface area contributed by atoms with Crippen LogP contribution in [0, 0.1) is 0 Å². The maximum atomic E-state index is 13.0. The van der Waals surface area contributed by atoms with E-state index in [0.29, 0.717) is 12.1 Å². The fraction of sp³-hybridized carbons (Fsp3) is 0.462. The Kier molecular flexibility index (Phi) is 6.65. The zero-order valence-electron chi connectivity index (χ0n) is 12.2. The smallest absolute Gasteiger partial charge is 0.762 e. The molecule has 1 aliphatic rings. The molecule has 1 heterocycles. The summed E-state index contributed by atoms with van der Waals surface area (Å²) in [5.74, 6) is 0. The number of halogens is 7. The molecule has 1 aromatic rings. The van der Waals surface area contributed by atoms with Gasteiger partial charge in [-0.15, -0.1) is 0 Å². The summed E-state index contributed by atoms with van der Waals surface area (Å²) >= 11 is 0. The van der Waals surface area contributed by atoms with Gasteiger partial charge in [0.25, 0.3) is 5.71 Å². The summed E-state index contributed by atoms with van der Waals surface area (Å²) in [6, 6.07) is 6.78. The molecule has 0 atom stereocenters. The monoisotopic (exact) mass is 329 g/mol. The van der Waals surface area contributed by atoms with Gasteiger partial charge in [-0.3, -0.25) is 12.9 Å². The first-order chi connectivity index (χ1) is 9.47. The van der Waals surface area contributed by atoms with Crippen LogP contribution in [0.4, 0.5) is 26.1 Å². The maximum Gasteiger partial charge on any atom is 0.762 e. The second kappa shape index (κ2) is 7.15. The minimum absolute atomic E-state index is 0. The van der Waals surface area contributed by atoms with Crippen LogP contribution >= 0.6 is 0 Å². The van der Waals surface area contributed by atoms with E-state index < -0.39 is 19.4 Å². The number of nitrogens with zero attached hydrogens (tertiary/aromatic N) is 1. The molecule has 0 radical (unpaired) electrons. The Labute approximate surface area is 124 Å². The highest BCUT2D eigenvalue weighted by molar-refractivity contribution is 6.33. The number of hydrogen-bond acceptors (Lipinski definition) is 0. The third-order valence-electron chi connectivity index (χ3n) is 3.19. The molecule has 0 bridgehead atoms. The minimum atomic E-state index is -4.30. The molecule has 0 spiro atoms. The van der Waals surface area contributed by atoms with Crippen LogP contribution in [0.1, 0.15) is 25.0 Å². The van der Waals surface area contributed by atoms with Gasteiger partial charge in [0.05, 0.1) is 5.56 Å². The Morgan fingerprint density at radius 1 is 1.09 bits per heavy atom. The zero-order chi connectivity index (χ0) is 16.4. The van der Waals surface area contributed by atoms with E-state index >= 15 is 0 Å². The molecule has 0 fully saturated rings. The van der Waals surface area contributed by atoms with E-state index in [-0.39, 0.29) is 10.1 Å². The van der Waals surface area contributed by atoms with Crippen LogP contribution in [0.3, 0.4) is 0 Å². The van der Waals surface area contributed by atoms with Crippen molar-refractivity contribution in [2.75, 3.05) is 13.6 Å². The van der Waals surface area contributed by atoms with Gasteiger partial charge in [0.2, 0.25) is 0 Å². The van der Waals surface area contributed by atoms with Gasteiger partial charge in [0.1, 0.15) is 7.05 Å². The van der Waals surface area contributed by atoms with Crippen molar-refractivity contribution in [3.63, 3.8) is 0 Å². The lowest BCUT2D eigenvalue weighted by Gasteiger charge is -2.30. The molecule has 1 aliphatic heterocycles. The fourth-order valence-electron chi connectivity index (χ4n) is 2.61. The number of likely N-dealkylation sites (N-methyl/N-ethyl adjacent to an activating group) is 1. The molecular weight excluding hydrogens is 314 g/mol. The molecule has 1 nitrogen and oxygen atoms in total. The van der Waals surface area contributed by atoms with Crippen molar-refractivity contribution in [2.24, 2.45) is 0 Å². The first-order valence-corrected chi connectivity index (χ1v) is 6.14. The number of alkyl halides is 3. The highest BCUT2D eigenvalue weighted by Crippen LogP contribution is 2.35. The summed E-state index contributed by atoms with van der Waals surface area (Å²) < 4.78 is 69.4. The van der Waals surface area contributed by atoms with Crippen LogP contribution in [0.25, 0.3) is 0 Å². The Balaban J connectivity index is 0.000000791. The van der Waals surface area contributed by atoms with E-state index in [4.69, 9.17) is 0 Å². The summed E-state index contributed by atoms with van der Waals surface area (Å²) in [6.45, 7) is 4.31. The van der Waals surface area contributed by atoms with E-state index in [9.17, 15) is 26.1 Å². The first-order valence-electron chi connectivity index (χ1n) is 6.14. The molecule has 9 heteroatoms. The van der Waals surface area contributed by atoms with Gasteiger partial charge in [-0.25, -0.2) is 4.58 Å². The predicted octanol–water partition coefficient (Wildman–Crippen LogP) is 0.855. The highest BCUT2D eigenvalue weighted by atomic mass is 19.4. The molecule has 0 saturated heterocycles. The van der Waals surface area contributed by atoms with Crippen LogP contribution in [-0.2, 0) is 5.41 Å². The lowest BCUT2D eigenvalue weighted by Crippen LogP contribution is -3.00. The summed E-state index contributed by atoms with van der Waals surface area (Å²) in [7, 11) is -2.17. The number of fused-ring (bicyclic) bond motifs is 1. The van der Waals surface area contributed by atoms with Gasteiger partial charge in [0, 0.05) is 5.41 Å². The molecule has 0 unspecified atom stereocenters. The quantitative estimate of drug-likeness (QED) is 0.377. The number of benzene rings is 1. The molecule has 0 saturated carbocycles. The van der Waals surface area contributed by atoms with Crippen LogP contribution < -0.4 is 4.70 Å². The van der Waals surface area contributed by atoms with Crippen LogP contribution in [-0.4, -0.2) is 37.6 Å². The predicted molar refractivity (Wildman–Crippen MR) is 69.8 cm³/mol. The molecule has 22 heavy (non-hydrogen) atoms. The maximum absolute atomic E-state index is 13.0. The highest BCUT2D eigenvalue weighted by Gasteiger charge is 2.49. The molecule has 0 N–H and O–H groups in total. The van der Waals surface area contributed by atoms with Crippen molar-refractivity contribution in [3.05, 3.63) is 35.4 Å². The third-order valence-corrected chi connectivity index (χ3v) is 3.19. The molecule has 0 aliphatic carbocycles. The molecular formula is C13H15BF7N. The van der Waals surface area contributed by atoms with Gasteiger partial charge in [-0.2, -0.15) is 13.2 Å². The van der Waals surface area contributed by atoms with Crippen molar-refractivity contribution in [1.82, 2.24) is 0 Å². The van der Waals surface area contributed by atoms with E-state index in [1.165, 1.54) is 11.6 Å². The second-order valence-corrected chi connectivity index (χ2v) is 5.38. The Hall–Kier alpha value is -1.54. The Morgan fingerprint density at radius 2 is 1.55 bits per heavy atom. The minimum Gasteiger partial charge on any atom is -1.00 e. The van der Waals surface area contributed by atoms with E-state index in [1.807, 2.05) is 13.8 Å². The topological polar surface area (TPSA) is 3.01 Å². The van der Waals surface area contributed by atoms with Crippen molar-refractivity contribution >= 4 is 13.3 Å². The van der Waals surface area contributed by atoms with Crippen LogP contribution in [0.15, 0.2) is 24.3 Å². The van der Waals surface area contributed by atoms with Crippen LogP contribution in [0.2, 0.25) is 0 Å². The fourth-order valence-corrected chi connectivity index (χ4v) is 2.61. The Morgan fingerprint density at radius 3 is 2.00 bits per heavy atom. The van der Waals surface area contributed by atoms with Crippen molar-refractivity contribution in [2.45, 2.75) is 25.4 Å². The van der Waals surface area contributed by atoms with E-state index in [2.05, 4.69) is 0 Å². The van der Waals surface area contributed by atoms with E-state index in [1.54, 1.807) is 24.3 Å². The van der Waals surface area contributed by atoms with Crippen LogP contribution in [0.5, 0.6) is 0 Å². The number of hydrogen-bond donors (Lipinski definition) is 0. The summed E-state index contributed by atoms with van der Waals surface area (Å²) in [4.78, 5) is 0. The lowest BCUT2D eigenvalue weighted by atomic mass is 9.78. The summed E-state index contributed by atoms with van der Waals surface area (Å²) in [6.07, 6.45) is -4.30. The van der Waals surface area contributed by atoms with Crippen molar-refractivity contribution in [1.29, 1.82) is 0 Å². The molecule has 124 valence electrons. The molecule has 2 rings (SSSR count). The zero-order valence-corrected chi connectivity index (χ0v) is 12.2. The average molecular weight is 329 g/mol. The second-order valence-electron chi connectivity index (χ2n) is 5.38.